The van der Waals surface area contributed by atoms with Crippen LogP contribution < -0.4 is 4.72 Å². The summed E-state index contributed by atoms with van der Waals surface area (Å²) in [5.74, 6) is 0. The van der Waals surface area contributed by atoms with E-state index in [4.69, 9.17) is 23.2 Å². The van der Waals surface area contributed by atoms with Gasteiger partial charge in [0.05, 0.1) is 11.1 Å². The average molecular weight is 377 g/mol. The van der Waals surface area contributed by atoms with Crippen LogP contribution in [0, 0.1) is 6.92 Å². The standard InChI is InChI=1S/C15H18Cl2N2O3S/c1-10-8-15(12(17)9-11(10)16)23(21,22)18-6-5-14(20)13-4-3-7-19(13)2/h3-4,7-9,14,18,20H,5-6H2,1-2H3. The van der Waals surface area contributed by atoms with Crippen LogP contribution in [0.25, 0.3) is 0 Å². The van der Waals surface area contributed by atoms with Crippen molar-refractivity contribution in [2.24, 2.45) is 7.05 Å². The van der Waals surface area contributed by atoms with Gasteiger partial charge in [0.25, 0.3) is 0 Å². The minimum atomic E-state index is -3.76. The molecule has 126 valence electrons. The van der Waals surface area contributed by atoms with Gasteiger partial charge in [-0.3, -0.25) is 0 Å². The number of rotatable bonds is 6. The Morgan fingerprint density at radius 3 is 2.61 bits per heavy atom. The molecule has 0 amide bonds. The summed E-state index contributed by atoms with van der Waals surface area (Å²) in [7, 11) is -1.94. The molecule has 0 aliphatic carbocycles. The molecule has 1 atom stereocenters. The molecule has 2 rings (SSSR count). The molecule has 1 heterocycles. The van der Waals surface area contributed by atoms with E-state index >= 15 is 0 Å². The molecule has 0 aliphatic heterocycles. The Kier molecular flexibility index (Phi) is 5.75. The zero-order valence-electron chi connectivity index (χ0n) is 12.8. The van der Waals surface area contributed by atoms with Gasteiger partial charge in [-0.2, -0.15) is 0 Å². The van der Waals surface area contributed by atoms with E-state index in [1.165, 1.54) is 12.1 Å². The zero-order chi connectivity index (χ0) is 17.2. The van der Waals surface area contributed by atoms with Crippen molar-refractivity contribution in [2.75, 3.05) is 6.54 Å². The molecule has 1 aromatic heterocycles. The number of aliphatic hydroxyl groups excluding tert-OH is 1. The van der Waals surface area contributed by atoms with E-state index in [9.17, 15) is 13.5 Å². The van der Waals surface area contributed by atoms with Gasteiger partial charge < -0.3 is 9.67 Å². The van der Waals surface area contributed by atoms with Gasteiger partial charge in [-0.25, -0.2) is 13.1 Å². The monoisotopic (exact) mass is 376 g/mol. The fourth-order valence-electron chi connectivity index (χ4n) is 2.21. The van der Waals surface area contributed by atoms with Crippen molar-refractivity contribution in [3.05, 3.63) is 51.8 Å². The Morgan fingerprint density at radius 1 is 1.30 bits per heavy atom. The molecule has 0 bridgehead atoms. The van der Waals surface area contributed by atoms with E-state index in [-0.39, 0.29) is 22.9 Å². The predicted octanol–water partition coefficient (Wildman–Crippen LogP) is 3.04. The summed E-state index contributed by atoms with van der Waals surface area (Å²) in [6, 6.07) is 6.45. The van der Waals surface area contributed by atoms with Gasteiger partial charge in [0.15, 0.2) is 0 Å². The lowest BCUT2D eigenvalue weighted by Gasteiger charge is -2.14. The van der Waals surface area contributed by atoms with Gasteiger partial charge >= 0.3 is 0 Å². The molecule has 1 unspecified atom stereocenters. The fraction of sp³-hybridized carbons (Fsp3) is 0.333. The van der Waals surface area contributed by atoms with E-state index < -0.39 is 16.1 Å². The van der Waals surface area contributed by atoms with Crippen LogP contribution in [0.1, 0.15) is 23.8 Å². The lowest BCUT2D eigenvalue weighted by atomic mass is 10.2. The highest BCUT2D eigenvalue weighted by Gasteiger charge is 2.20. The molecule has 2 aromatic rings. The molecular formula is C15H18Cl2N2O3S. The average Bonchev–Trinajstić information content (AvgIpc) is 2.88. The largest absolute Gasteiger partial charge is 0.387 e. The Hall–Kier alpha value is -1.05. The van der Waals surface area contributed by atoms with Gasteiger partial charge in [0, 0.05) is 30.5 Å². The second kappa shape index (κ2) is 7.23. The van der Waals surface area contributed by atoms with E-state index in [1.54, 1.807) is 17.6 Å². The maximum absolute atomic E-state index is 12.3. The number of hydrogen-bond acceptors (Lipinski definition) is 3. The Labute approximate surface area is 145 Å². The van der Waals surface area contributed by atoms with Crippen LogP contribution in [-0.2, 0) is 17.1 Å². The van der Waals surface area contributed by atoms with Crippen molar-refractivity contribution in [1.82, 2.24) is 9.29 Å². The Morgan fingerprint density at radius 2 is 2.00 bits per heavy atom. The maximum atomic E-state index is 12.3. The summed E-state index contributed by atoms with van der Waals surface area (Å²) >= 11 is 11.9. The second-order valence-electron chi connectivity index (χ2n) is 5.28. The summed E-state index contributed by atoms with van der Waals surface area (Å²) in [5, 5.41) is 10.6. The van der Waals surface area contributed by atoms with Crippen LogP contribution in [-0.4, -0.2) is 24.6 Å². The zero-order valence-corrected chi connectivity index (χ0v) is 15.1. The third kappa shape index (κ3) is 4.28. The number of halogens is 2. The molecule has 0 saturated carbocycles. The molecule has 0 spiro atoms. The lowest BCUT2D eigenvalue weighted by Crippen LogP contribution is -2.26. The molecule has 1 aromatic carbocycles. The minimum Gasteiger partial charge on any atom is -0.387 e. The van der Waals surface area contributed by atoms with Gasteiger partial charge in [0.2, 0.25) is 10.0 Å². The number of nitrogens with zero attached hydrogens (tertiary/aromatic N) is 1. The van der Waals surface area contributed by atoms with Crippen LogP contribution in [0.4, 0.5) is 0 Å². The van der Waals surface area contributed by atoms with Crippen LogP contribution in [0.5, 0.6) is 0 Å². The summed E-state index contributed by atoms with van der Waals surface area (Å²) in [4.78, 5) is -0.0191. The number of sulfonamides is 1. The summed E-state index contributed by atoms with van der Waals surface area (Å²) in [6.45, 7) is 1.80. The quantitative estimate of drug-likeness (QED) is 0.813. The molecule has 0 saturated heterocycles. The summed E-state index contributed by atoms with van der Waals surface area (Å²) < 4.78 is 28.9. The molecule has 0 fully saturated rings. The highest BCUT2D eigenvalue weighted by molar-refractivity contribution is 7.89. The summed E-state index contributed by atoms with van der Waals surface area (Å²) in [5.41, 5.74) is 1.35. The van der Waals surface area contributed by atoms with Crippen LogP contribution in [0.2, 0.25) is 10.0 Å². The van der Waals surface area contributed by atoms with Gasteiger partial charge in [0.1, 0.15) is 4.90 Å². The smallest absolute Gasteiger partial charge is 0.242 e. The summed E-state index contributed by atoms with van der Waals surface area (Å²) in [6.07, 6.45) is 1.32. The molecule has 0 aliphatic rings. The molecule has 8 heteroatoms. The van der Waals surface area contributed by atoms with Crippen molar-refractivity contribution in [3.63, 3.8) is 0 Å². The SMILES string of the molecule is Cc1cc(S(=O)(=O)NCCC(O)c2cccn2C)c(Cl)cc1Cl. The molecule has 5 nitrogen and oxygen atoms in total. The molecular weight excluding hydrogens is 359 g/mol. The Bertz CT molecular complexity index is 803. The van der Waals surface area contributed by atoms with Crippen LogP contribution in [0.3, 0.4) is 0 Å². The first-order chi connectivity index (χ1) is 10.7. The number of hydrogen-bond donors (Lipinski definition) is 2. The normalized spacial score (nSPS) is 13.3. The third-order valence-electron chi connectivity index (χ3n) is 3.54. The predicted molar refractivity (Wildman–Crippen MR) is 91.4 cm³/mol. The fourth-order valence-corrected chi connectivity index (χ4v) is 4.09. The molecule has 2 N–H and O–H groups in total. The van der Waals surface area contributed by atoms with Crippen molar-refractivity contribution >= 4 is 33.2 Å². The highest BCUT2D eigenvalue weighted by atomic mass is 35.5. The third-order valence-corrected chi connectivity index (χ3v) is 5.87. The first-order valence-electron chi connectivity index (χ1n) is 6.97. The molecule has 0 radical (unpaired) electrons. The van der Waals surface area contributed by atoms with Crippen LogP contribution in [0.15, 0.2) is 35.4 Å². The van der Waals surface area contributed by atoms with E-state index in [0.717, 1.165) is 5.69 Å². The number of aryl methyl sites for hydroxylation is 2. The topological polar surface area (TPSA) is 71.3 Å². The number of aromatic nitrogens is 1. The van der Waals surface area contributed by atoms with Gasteiger partial charge in [-0.1, -0.05) is 23.2 Å². The first-order valence-corrected chi connectivity index (χ1v) is 9.21. The first kappa shape index (κ1) is 18.3. The lowest BCUT2D eigenvalue weighted by molar-refractivity contribution is 0.161. The molecule has 23 heavy (non-hydrogen) atoms. The highest BCUT2D eigenvalue weighted by Crippen LogP contribution is 2.28. The number of benzene rings is 1. The second-order valence-corrected chi connectivity index (χ2v) is 7.83. The number of nitrogens with one attached hydrogen (secondary N) is 1. The van der Waals surface area contributed by atoms with Crippen molar-refractivity contribution in [2.45, 2.75) is 24.3 Å². The minimum absolute atomic E-state index is 0.0191. The Balaban J connectivity index is 2.05. The van der Waals surface area contributed by atoms with Crippen molar-refractivity contribution < 1.29 is 13.5 Å². The maximum Gasteiger partial charge on any atom is 0.242 e. The number of aliphatic hydroxyl groups is 1. The van der Waals surface area contributed by atoms with Crippen molar-refractivity contribution in [1.29, 1.82) is 0 Å². The van der Waals surface area contributed by atoms with Gasteiger partial charge in [-0.05, 0) is 43.2 Å². The van der Waals surface area contributed by atoms with E-state index in [0.29, 0.717) is 10.6 Å². The van der Waals surface area contributed by atoms with Crippen molar-refractivity contribution in [3.8, 4) is 0 Å². The van der Waals surface area contributed by atoms with Gasteiger partial charge in [-0.15, -0.1) is 0 Å². The van der Waals surface area contributed by atoms with E-state index in [1.807, 2.05) is 19.3 Å². The van der Waals surface area contributed by atoms with Crippen LogP contribution >= 0.6 is 23.2 Å². The van der Waals surface area contributed by atoms with E-state index in [2.05, 4.69) is 4.72 Å².